The maximum atomic E-state index is 9.65. The Hall–Kier alpha value is -1.02. The second kappa shape index (κ2) is 2.79. The molecule has 0 radical (unpaired) electrons. The van der Waals surface area contributed by atoms with Crippen molar-refractivity contribution in [2.24, 2.45) is 0 Å². The first-order valence-corrected chi connectivity index (χ1v) is 4.26. The van der Waals surface area contributed by atoms with Gasteiger partial charge in [0.1, 0.15) is 5.75 Å². The summed E-state index contributed by atoms with van der Waals surface area (Å²) in [5.74, 6) is 0.313. The Morgan fingerprint density at radius 3 is 2.83 bits per heavy atom. The smallest absolute Gasteiger partial charge is 0.124 e. The zero-order chi connectivity index (χ0) is 8.55. The van der Waals surface area contributed by atoms with Crippen molar-refractivity contribution in [2.45, 2.75) is 25.9 Å². The maximum Gasteiger partial charge on any atom is 0.124 e. The van der Waals surface area contributed by atoms with Crippen LogP contribution >= 0.6 is 0 Å². The molecule has 2 nitrogen and oxygen atoms in total. The first-order chi connectivity index (χ1) is 5.83. The van der Waals surface area contributed by atoms with E-state index in [0.29, 0.717) is 11.3 Å². The minimum atomic E-state index is -0.0703. The Morgan fingerprint density at radius 1 is 1.25 bits per heavy atom. The van der Waals surface area contributed by atoms with E-state index in [1.807, 2.05) is 6.07 Å². The van der Waals surface area contributed by atoms with Crippen molar-refractivity contribution in [2.75, 3.05) is 0 Å². The van der Waals surface area contributed by atoms with E-state index in [9.17, 15) is 5.11 Å². The summed E-state index contributed by atoms with van der Waals surface area (Å²) in [5, 5.41) is 18.5. The van der Waals surface area contributed by atoms with Crippen molar-refractivity contribution in [1.29, 1.82) is 0 Å². The van der Waals surface area contributed by atoms with E-state index < -0.39 is 0 Å². The van der Waals surface area contributed by atoms with Gasteiger partial charge in [-0.3, -0.25) is 0 Å². The van der Waals surface area contributed by atoms with Gasteiger partial charge >= 0.3 is 0 Å². The molecule has 0 bridgehead atoms. The molecule has 64 valence electrons. The number of rotatable bonds is 1. The van der Waals surface area contributed by atoms with E-state index in [2.05, 4.69) is 0 Å². The Bertz CT molecular complexity index is 305. The van der Waals surface area contributed by atoms with Crippen LogP contribution < -0.4 is 0 Å². The summed E-state index contributed by atoms with van der Waals surface area (Å²) in [5.41, 5.74) is 2.93. The van der Waals surface area contributed by atoms with Crippen molar-refractivity contribution in [3.05, 3.63) is 28.8 Å². The molecule has 12 heavy (non-hydrogen) atoms. The Balaban J connectivity index is 2.54. The number of hydrogen-bond acceptors (Lipinski definition) is 2. The number of hydrogen-bond donors (Lipinski definition) is 2. The summed E-state index contributed by atoms with van der Waals surface area (Å²) in [7, 11) is 0. The van der Waals surface area contributed by atoms with Gasteiger partial charge in [0.15, 0.2) is 0 Å². The average molecular weight is 164 g/mol. The summed E-state index contributed by atoms with van der Waals surface area (Å²) in [4.78, 5) is 0. The van der Waals surface area contributed by atoms with Crippen LogP contribution in [0.1, 0.15) is 23.1 Å². The van der Waals surface area contributed by atoms with E-state index in [1.165, 1.54) is 5.56 Å². The third-order valence-corrected chi connectivity index (χ3v) is 2.51. The van der Waals surface area contributed by atoms with Crippen LogP contribution in [-0.2, 0) is 19.4 Å². The van der Waals surface area contributed by atoms with Gasteiger partial charge in [-0.1, -0.05) is 12.1 Å². The summed E-state index contributed by atoms with van der Waals surface area (Å²) >= 11 is 0. The molecule has 0 fully saturated rings. The monoisotopic (exact) mass is 164 g/mol. The predicted molar refractivity (Wildman–Crippen MR) is 46.1 cm³/mol. The topological polar surface area (TPSA) is 40.5 Å². The molecule has 0 unspecified atom stereocenters. The molecule has 2 N–H and O–H groups in total. The number of aromatic hydroxyl groups is 1. The number of aryl methyl sites for hydroxylation is 1. The molecule has 2 rings (SSSR count). The molecule has 1 aliphatic rings. The number of benzene rings is 1. The van der Waals surface area contributed by atoms with Gasteiger partial charge in [0.25, 0.3) is 0 Å². The van der Waals surface area contributed by atoms with E-state index >= 15 is 0 Å². The number of aliphatic hydroxyl groups is 1. The van der Waals surface area contributed by atoms with Crippen molar-refractivity contribution in [1.82, 2.24) is 0 Å². The van der Waals surface area contributed by atoms with Crippen LogP contribution in [-0.4, -0.2) is 10.2 Å². The molecule has 0 spiro atoms. The van der Waals surface area contributed by atoms with Gasteiger partial charge in [0, 0.05) is 5.56 Å². The lowest BCUT2D eigenvalue weighted by Crippen LogP contribution is -1.90. The third-order valence-electron chi connectivity index (χ3n) is 2.51. The van der Waals surface area contributed by atoms with Gasteiger partial charge in [-0.2, -0.15) is 0 Å². The van der Waals surface area contributed by atoms with Crippen molar-refractivity contribution in [3.8, 4) is 5.75 Å². The fraction of sp³-hybridized carbons (Fsp3) is 0.400. The Kier molecular flexibility index (Phi) is 1.77. The van der Waals surface area contributed by atoms with Gasteiger partial charge in [0.05, 0.1) is 6.61 Å². The lowest BCUT2D eigenvalue weighted by Gasteiger charge is -2.06. The van der Waals surface area contributed by atoms with Crippen LogP contribution in [0.3, 0.4) is 0 Å². The van der Waals surface area contributed by atoms with Crippen LogP contribution in [0.2, 0.25) is 0 Å². The van der Waals surface area contributed by atoms with Gasteiger partial charge in [-0.05, 0) is 30.4 Å². The van der Waals surface area contributed by atoms with Crippen LogP contribution in [0.15, 0.2) is 12.1 Å². The molecule has 2 heteroatoms. The van der Waals surface area contributed by atoms with Crippen LogP contribution in [0.5, 0.6) is 5.75 Å². The molecular weight excluding hydrogens is 152 g/mol. The van der Waals surface area contributed by atoms with Crippen LogP contribution in [0.4, 0.5) is 0 Å². The highest BCUT2D eigenvalue weighted by Gasteiger charge is 2.16. The molecular formula is C10H12O2. The summed E-state index contributed by atoms with van der Waals surface area (Å²) < 4.78 is 0. The zero-order valence-corrected chi connectivity index (χ0v) is 6.88. The zero-order valence-electron chi connectivity index (χ0n) is 6.88. The SMILES string of the molecule is OCc1ccc2c(c1O)CCC2. The molecule has 1 aromatic carbocycles. The first kappa shape index (κ1) is 7.62. The van der Waals surface area contributed by atoms with Gasteiger partial charge < -0.3 is 10.2 Å². The Labute approximate surface area is 71.5 Å². The number of fused-ring (bicyclic) bond motifs is 1. The summed E-state index contributed by atoms with van der Waals surface area (Å²) in [6, 6.07) is 3.81. The molecule has 0 saturated carbocycles. The number of phenols is 1. The molecule has 1 aliphatic carbocycles. The largest absolute Gasteiger partial charge is 0.507 e. The molecule has 0 aromatic heterocycles. The molecule has 0 aliphatic heterocycles. The highest BCUT2D eigenvalue weighted by atomic mass is 16.3. The lowest BCUT2D eigenvalue weighted by atomic mass is 10.1. The minimum Gasteiger partial charge on any atom is -0.507 e. The first-order valence-electron chi connectivity index (χ1n) is 4.26. The molecule has 0 saturated heterocycles. The Morgan fingerprint density at radius 2 is 2.08 bits per heavy atom. The molecule has 0 atom stereocenters. The fourth-order valence-corrected chi connectivity index (χ4v) is 1.82. The maximum absolute atomic E-state index is 9.65. The summed E-state index contributed by atoms with van der Waals surface area (Å²) in [6.07, 6.45) is 3.14. The predicted octanol–water partition coefficient (Wildman–Crippen LogP) is 1.37. The van der Waals surface area contributed by atoms with Crippen molar-refractivity contribution >= 4 is 0 Å². The van der Waals surface area contributed by atoms with Gasteiger partial charge in [-0.25, -0.2) is 0 Å². The minimum absolute atomic E-state index is 0.0703. The highest BCUT2D eigenvalue weighted by Crippen LogP contribution is 2.32. The van der Waals surface area contributed by atoms with Gasteiger partial charge in [0.2, 0.25) is 0 Å². The lowest BCUT2D eigenvalue weighted by molar-refractivity contribution is 0.275. The van der Waals surface area contributed by atoms with E-state index in [4.69, 9.17) is 5.11 Å². The van der Waals surface area contributed by atoms with Crippen LogP contribution in [0.25, 0.3) is 0 Å². The second-order valence-electron chi connectivity index (χ2n) is 3.22. The van der Waals surface area contributed by atoms with Crippen molar-refractivity contribution in [3.63, 3.8) is 0 Å². The fourth-order valence-electron chi connectivity index (χ4n) is 1.82. The summed E-state index contributed by atoms with van der Waals surface area (Å²) in [6.45, 7) is -0.0703. The number of aliphatic hydroxyl groups excluding tert-OH is 1. The molecule has 1 aromatic rings. The van der Waals surface area contributed by atoms with Crippen LogP contribution in [0, 0.1) is 0 Å². The standard InChI is InChI=1S/C10H12O2/c11-6-8-5-4-7-2-1-3-9(7)10(8)12/h4-5,11-12H,1-3,6H2. The normalized spacial score (nSPS) is 14.8. The average Bonchev–Trinajstić information content (AvgIpc) is 2.53. The van der Waals surface area contributed by atoms with E-state index in [0.717, 1.165) is 24.8 Å². The third kappa shape index (κ3) is 0.994. The molecule has 0 amide bonds. The highest BCUT2D eigenvalue weighted by molar-refractivity contribution is 5.47. The quantitative estimate of drug-likeness (QED) is 0.658. The van der Waals surface area contributed by atoms with Gasteiger partial charge in [-0.15, -0.1) is 0 Å². The van der Waals surface area contributed by atoms with Crippen molar-refractivity contribution < 1.29 is 10.2 Å². The van der Waals surface area contributed by atoms with E-state index in [-0.39, 0.29) is 6.61 Å². The van der Waals surface area contributed by atoms with E-state index in [1.54, 1.807) is 6.07 Å². The second-order valence-corrected chi connectivity index (χ2v) is 3.22. The molecule has 0 heterocycles.